The normalized spacial score (nSPS) is 10.9. The minimum Gasteiger partial charge on any atom is -0.710 e. The van der Waals surface area contributed by atoms with E-state index in [9.17, 15) is 5.21 Å². The lowest BCUT2D eigenvalue weighted by atomic mass is 10.2. The summed E-state index contributed by atoms with van der Waals surface area (Å²) < 4.78 is 0.660. The Bertz CT molecular complexity index is 584. The van der Waals surface area contributed by atoms with E-state index in [1.54, 1.807) is 18.2 Å². The van der Waals surface area contributed by atoms with E-state index in [2.05, 4.69) is 10.2 Å². The van der Waals surface area contributed by atoms with Crippen LogP contribution in [-0.2, 0) is 0 Å². The summed E-state index contributed by atoms with van der Waals surface area (Å²) in [7, 11) is 1.90. The number of hydrogen-bond donors (Lipinski definition) is 1. The van der Waals surface area contributed by atoms with Crippen LogP contribution in [0.5, 0.6) is 0 Å². The van der Waals surface area contributed by atoms with Crippen molar-refractivity contribution in [2.75, 3.05) is 25.1 Å². The van der Waals surface area contributed by atoms with Crippen molar-refractivity contribution in [2.45, 2.75) is 0 Å². The summed E-state index contributed by atoms with van der Waals surface area (Å²) in [5.74, 6) is 0.244. The van der Waals surface area contributed by atoms with Crippen LogP contribution in [0.1, 0.15) is 0 Å². The molecule has 0 fully saturated rings. The van der Waals surface area contributed by atoms with Crippen LogP contribution in [0.15, 0.2) is 58.9 Å². The summed E-state index contributed by atoms with van der Waals surface area (Å²) in [6.45, 7) is 0.677. The number of aliphatic hydroxyl groups is 1. The van der Waals surface area contributed by atoms with Crippen molar-refractivity contribution in [3.63, 3.8) is 0 Å². The number of azo groups is 1. The molecule has 1 aromatic heterocycles. The molecule has 0 saturated carbocycles. The predicted octanol–water partition coefficient (Wildman–Crippen LogP) is 2.16. The Hall–Kier alpha value is -2.47. The first-order valence-electron chi connectivity index (χ1n) is 6.22. The lowest BCUT2D eigenvalue weighted by molar-refractivity contribution is -0.591. The van der Waals surface area contributed by atoms with Gasteiger partial charge >= 0.3 is 5.82 Å². The van der Waals surface area contributed by atoms with Gasteiger partial charge in [-0.15, -0.1) is 0 Å². The molecule has 6 heteroatoms. The number of hydrogen-bond acceptors (Lipinski definition) is 5. The number of likely N-dealkylation sites (N-methyl/N-ethyl adjacent to an activating group) is 1. The maximum absolute atomic E-state index is 11.4. The Labute approximate surface area is 117 Å². The smallest absolute Gasteiger partial charge is 0.353 e. The molecular weight excluding hydrogens is 256 g/mol. The molecule has 0 saturated heterocycles. The highest BCUT2D eigenvalue weighted by molar-refractivity contribution is 5.52. The summed E-state index contributed by atoms with van der Waals surface area (Å²) >= 11 is 0. The average Bonchev–Trinajstić information content (AvgIpc) is 2.47. The number of pyridine rings is 1. The second-order valence-electron chi connectivity index (χ2n) is 4.25. The van der Waals surface area contributed by atoms with Crippen LogP contribution in [0.2, 0.25) is 0 Å². The van der Waals surface area contributed by atoms with E-state index in [4.69, 9.17) is 5.11 Å². The first-order chi connectivity index (χ1) is 9.70. The molecule has 2 aromatic rings. The van der Waals surface area contributed by atoms with E-state index in [-0.39, 0.29) is 12.4 Å². The van der Waals surface area contributed by atoms with Gasteiger partial charge in [0.05, 0.1) is 17.9 Å². The van der Waals surface area contributed by atoms with Gasteiger partial charge in [-0.05, 0) is 35.4 Å². The number of aromatic nitrogens is 1. The van der Waals surface area contributed by atoms with Crippen molar-refractivity contribution >= 4 is 17.2 Å². The van der Waals surface area contributed by atoms with Gasteiger partial charge in [-0.1, -0.05) is 6.07 Å². The van der Waals surface area contributed by atoms with Crippen LogP contribution >= 0.6 is 0 Å². The van der Waals surface area contributed by atoms with Crippen LogP contribution in [0.3, 0.4) is 0 Å². The Morgan fingerprint density at radius 3 is 2.55 bits per heavy atom. The zero-order chi connectivity index (χ0) is 14.4. The minimum absolute atomic E-state index is 0.107. The van der Waals surface area contributed by atoms with Gasteiger partial charge in [0.1, 0.15) is 5.69 Å². The van der Waals surface area contributed by atoms with Crippen molar-refractivity contribution in [1.82, 2.24) is 0 Å². The van der Waals surface area contributed by atoms with Gasteiger partial charge in [-0.2, -0.15) is 0 Å². The quantitative estimate of drug-likeness (QED) is 0.515. The van der Waals surface area contributed by atoms with E-state index >= 15 is 0 Å². The zero-order valence-electron chi connectivity index (χ0n) is 11.2. The summed E-state index contributed by atoms with van der Waals surface area (Å²) in [6.07, 6.45) is 1.38. The van der Waals surface area contributed by atoms with Crippen molar-refractivity contribution in [3.05, 3.63) is 53.9 Å². The molecule has 0 amide bonds. The third kappa shape index (κ3) is 3.52. The minimum atomic E-state index is 0.107. The van der Waals surface area contributed by atoms with Gasteiger partial charge < -0.3 is 15.2 Å². The Morgan fingerprint density at radius 2 is 1.90 bits per heavy atom. The van der Waals surface area contributed by atoms with Crippen LogP contribution in [-0.4, -0.2) is 25.3 Å². The summed E-state index contributed by atoms with van der Waals surface area (Å²) in [4.78, 5) is 1.93. The maximum Gasteiger partial charge on any atom is 0.353 e. The summed E-state index contributed by atoms with van der Waals surface area (Å²) in [6, 6.07) is 12.4. The van der Waals surface area contributed by atoms with Gasteiger partial charge in [0, 0.05) is 25.3 Å². The topological polar surface area (TPSA) is 75.1 Å². The number of nitrogens with zero attached hydrogens (tertiary/aromatic N) is 4. The Balaban J connectivity index is 2.09. The lowest BCUT2D eigenvalue weighted by Gasteiger charge is -2.17. The molecule has 0 aliphatic carbocycles. The molecule has 0 spiro atoms. The average molecular weight is 272 g/mol. The van der Waals surface area contributed by atoms with E-state index < -0.39 is 0 Å². The second kappa shape index (κ2) is 6.63. The molecule has 0 aliphatic rings. The number of anilines is 1. The summed E-state index contributed by atoms with van der Waals surface area (Å²) in [5.41, 5.74) is 1.65. The molecule has 1 aromatic carbocycles. The summed E-state index contributed by atoms with van der Waals surface area (Å²) in [5, 5.41) is 28.2. The van der Waals surface area contributed by atoms with E-state index in [1.165, 1.54) is 6.20 Å². The molecule has 20 heavy (non-hydrogen) atoms. The van der Waals surface area contributed by atoms with Gasteiger partial charge in [-0.25, -0.2) is 4.73 Å². The SMILES string of the molecule is CN(CCO)c1ccc(N=Nc2cccc[n+]2[O-])cc1. The van der Waals surface area contributed by atoms with Crippen molar-refractivity contribution in [2.24, 2.45) is 10.2 Å². The molecule has 0 bridgehead atoms. The molecule has 2 rings (SSSR count). The highest BCUT2D eigenvalue weighted by Crippen LogP contribution is 2.20. The van der Waals surface area contributed by atoms with E-state index in [0.29, 0.717) is 17.0 Å². The van der Waals surface area contributed by atoms with Crippen molar-refractivity contribution < 1.29 is 9.84 Å². The highest BCUT2D eigenvalue weighted by Gasteiger charge is 2.03. The first-order valence-corrected chi connectivity index (χ1v) is 6.22. The largest absolute Gasteiger partial charge is 0.710 e. The predicted molar refractivity (Wildman–Crippen MR) is 76.4 cm³/mol. The fraction of sp³-hybridized carbons (Fsp3) is 0.214. The number of rotatable bonds is 5. The molecule has 0 atom stereocenters. The fourth-order valence-corrected chi connectivity index (χ4v) is 1.66. The fourth-order valence-electron chi connectivity index (χ4n) is 1.66. The van der Waals surface area contributed by atoms with Gasteiger partial charge in [0.2, 0.25) is 0 Å². The molecule has 0 aliphatic heterocycles. The maximum atomic E-state index is 11.4. The van der Waals surface area contributed by atoms with E-state index in [0.717, 1.165) is 5.69 Å². The molecule has 1 heterocycles. The van der Waals surface area contributed by atoms with Crippen LogP contribution in [0, 0.1) is 5.21 Å². The molecule has 0 radical (unpaired) electrons. The van der Waals surface area contributed by atoms with Crippen LogP contribution in [0.4, 0.5) is 17.2 Å². The third-order valence-corrected chi connectivity index (χ3v) is 2.80. The van der Waals surface area contributed by atoms with Crippen LogP contribution in [0.25, 0.3) is 0 Å². The number of benzene rings is 1. The van der Waals surface area contributed by atoms with E-state index in [1.807, 2.05) is 36.2 Å². The van der Waals surface area contributed by atoms with Crippen molar-refractivity contribution in [1.29, 1.82) is 0 Å². The molecule has 0 unspecified atom stereocenters. The van der Waals surface area contributed by atoms with Gasteiger partial charge in [0.15, 0.2) is 0 Å². The molecule has 1 N–H and O–H groups in total. The monoisotopic (exact) mass is 272 g/mol. The molecular formula is C14H16N4O2. The molecule has 6 nitrogen and oxygen atoms in total. The second-order valence-corrected chi connectivity index (χ2v) is 4.25. The Kier molecular flexibility index (Phi) is 4.62. The zero-order valence-corrected chi connectivity index (χ0v) is 11.2. The lowest BCUT2D eigenvalue weighted by Crippen LogP contribution is -2.24. The van der Waals surface area contributed by atoms with Crippen LogP contribution < -0.4 is 9.63 Å². The third-order valence-electron chi connectivity index (χ3n) is 2.80. The standard InChI is InChI=1S/C14H16N4O2/c1-17(10-11-19)13-7-5-12(6-8-13)15-16-14-4-2-3-9-18(14)20/h2-9,19H,10-11H2,1H3. The molecule has 104 valence electrons. The van der Waals surface area contributed by atoms with Crippen molar-refractivity contribution in [3.8, 4) is 0 Å². The Morgan fingerprint density at radius 1 is 1.15 bits per heavy atom. The van der Waals surface area contributed by atoms with Gasteiger partial charge in [-0.3, -0.25) is 0 Å². The highest BCUT2D eigenvalue weighted by atomic mass is 16.5. The first kappa shape index (κ1) is 14.0. The number of aliphatic hydroxyl groups excluding tert-OH is 1. The van der Waals surface area contributed by atoms with Gasteiger partial charge in [0.25, 0.3) is 0 Å².